The largest absolute Gasteiger partial charge is 0.481 e. The Morgan fingerprint density at radius 1 is 1.14 bits per heavy atom. The van der Waals surface area contributed by atoms with Crippen LogP contribution in [0.5, 0.6) is 0 Å². The topological polar surface area (TPSA) is 233 Å². The van der Waals surface area contributed by atoms with Crippen LogP contribution < -0.4 is 11.2 Å². The number of aromatic nitrogens is 3. The highest BCUT2D eigenvalue weighted by Gasteiger charge is 2.35. The molecule has 5 N–H and O–H groups in total. The fraction of sp³-hybridized carbons (Fsp3) is 0.421. The minimum absolute atomic E-state index is 0.229. The van der Waals surface area contributed by atoms with Crippen molar-refractivity contribution >= 4 is 26.6 Å². The Balaban J connectivity index is 1.75. The zero-order valence-electron chi connectivity index (χ0n) is 19.5. The minimum atomic E-state index is -5.36. The van der Waals surface area contributed by atoms with Gasteiger partial charge in [0.1, 0.15) is 24.0 Å². The fourth-order valence-corrected chi connectivity index (χ4v) is 5.00. The minimum Gasteiger partial charge on any atom is -0.388 e. The maximum absolute atomic E-state index is 13.0. The van der Waals surface area contributed by atoms with E-state index >= 15 is 0 Å². The van der Waals surface area contributed by atoms with Gasteiger partial charge in [0.15, 0.2) is 5.58 Å². The summed E-state index contributed by atoms with van der Waals surface area (Å²) in [4.78, 5) is 52.0. The maximum Gasteiger partial charge on any atom is 0.481 e. The van der Waals surface area contributed by atoms with Crippen LogP contribution in [0.4, 0.5) is 0 Å². The van der Waals surface area contributed by atoms with E-state index in [4.69, 9.17) is 19.0 Å². The highest BCUT2D eigenvalue weighted by molar-refractivity contribution is 7.60. The van der Waals surface area contributed by atoms with E-state index in [1.54, 1.807) is 12.1 Å². The third-order valence-corrected chi connectivity index (χ3v) is 7.37. The van der Waals surface area contributed by atoms with E-state index in [0.717, 1.165) is 34.1 Å². The molecule has 0 saturated carbocycles. The average molecular weight is 565 g/mol. The van der Waals surface area contributed by atoms with Gasteiger partial charge in [-0.2, -0.15) is 4.31 Å². The van der Waals surface area contributed by atoms with Gasteiger partial charge >= 0.3 is 21.3 Å². The van der Waals surface area contributed by atoms with Crippen molar-refractivity contribution in [1.82, 2.24) is 14.3 Å². The van der Waals surface area contributed by atoms with E-state index in [1.165, 1.54) is 0 Å². The molecule has 18 heteroatoms. The standard InChI is InChI=1S/C19H25N3O13P2/c1-11-3-4-15-12(7-11)13(20-34-15)8-22-17(24)5-6-21(19(22)26)9-14(23)18(25)16(32-2)10-33-37(30,31)35-36(27,28)29/h3-7,14,16,18,23,25H,8-10H2,1-2H3,(H,30,31)(H2,27,28,29)/t14-,16-,18-/m1/s1. The predicted octanol–water partition coefficient (Wildman–Crippen LogP) is -0.529. The number of methoxy groups -OCH3 is 1. The van der Waals surface area contributed by atoms with Crippen LogP contribution in [0.2, 0.25) is 0 Å². The van der Waals surface area contributed by atoms with Crippen molar-refractivity contribution in [1.29, 1.82) is 0 Å². The van der Waals surface area contributed by atoms with Crippen molar-refractivity contribution in [3.05, 3.63) is 62.6 Å². The second kappa shape index (κ2) is 11.5. The van der Waals surface area contributed by atoms with Crippen molar-refractivity contribution in [3.8, 4) is 0 Å². The lowest BCUT2D eigenvalue weighted by Crippen LogP contribution is -2.46. The number of rotatable bonds is 12. The summed E-state index contributed by atoms with van der Waals surface area (Å²) in [6, 6.07) is 6.38. The van der Waals surface area contributed by atoms with Crippen LogP contribution in [0.3, 0.4) is 0 Å². The maximum atomic E-state index is 13.0. The Morgan fingerprint density at radius 3 is 2.49 bits per heavy atom. The van der Waals surface area contributed by atoms with Crippen LogP contribution in [0.25, 0.3) is 11.0 Å². The van der Waals surface area contributed by atoms with E-state index in [-0.39, 0.29) is 6.54 Å². The average Bonchev–Trinajstić information content (AvgIpc) is 3.18. The molecule has 2 aromatic heterocycles. The molecular formula is C19H25N3O13P2. The number of hydrogen-bond donors (Lipinski definition) is 5. The molecule has 4 atom stereocenters. The molecule has 1 unspecified atom stereocenters. The molecule has 0 aliphatic carbocycles. The predicted molar refractivity (Wildman–Crippen MR) is 125 cm³/mol. The summed E-state index contributed by atoms with van der Waals surface area (Å²) in [7, 11) is -9.53. The number of benzene rings is 1. The summed E-state index contributed by atoms with van der Waals surface area (Å²) >= 11 is 0. The molecular weight excluding hydrogens is 540 g/mol. The quantitative estimate of drug-likeness (QED) is 0.174. The molecule has 2 heterocycles. The molecule has 0 aliphatic heterocycles. The molecule has 37 heavy (non-hydrogen) atoms. The number of ether oxygens (including phenoxy) is 1. The van der Waals surface area contributed by atoms with Gasteiger partial charge in [0, 0.05) is 24.8 Å². The van der Waals surface area contributed by atoms with Crippen molar-refractivity contribution < 1.29 is 52.1 Å². The van der Waals surface area contributed by atoms with Gasteiger partial charge in [-0.15, -0.1) is 0 Å². The highest BCUT2D eigenvalue weighted by Crippen LogP contribution is 2.57. The van der Waals surface area contributed by atoms with Gasteiger partial charge in [-0.05, 0) is 19.1 Å². The molecule has 204 valence electrons. The number of aliphatic hydroxyl groups is 2. The third kappa shape index (κ3) is 7.52. The zero-order chi connectivity index (χ0) is 27.5. The van der Waals surface area contributed by atoms with Crippen molar-refractivity contribution in [2.24, 2.45) is 0 Å². The fourth-order valence-electron chi connectivity index (χ4n) is 3.40. The molecule has 0 spiro atoms. The van der Waals surface area contributed by atoms with Gasteiger partial charge in [0.2, 0.25) is 0 Å². The second-order valence-electron chi connectivity index (χ2n) is 7.97. The second-order valence-corrected chi connectivity index (χ2v) is 10.8. The number of nitrogens with zero attached hydrogens (tertiary/aromatic N) is 3. The van der Waals surface area contributed by atoms with Crippen LogP contribution in [0.1, 0.15) is 11.3 Å². The number of phosphoric ester groups is 1. The first kappa shape index (κ1) is 29.1. The molecule has 0 saturated heterocycles. The molecule has 0 bridgehead atoms. The van der Waals surface area contributed by atoms with E-state index in [9.17, 15) is 33.8 Å². The molecule has 3 aromatic rings. The summed E-state index contributed by atoms with van der Waals surface area (Å²) < 4.78 is 42.4. The summed E-state index contributed by atoms with van der Waals surface area (Å²) in [6.07, 6.45) is -3.90. The first-order valence-electron chi connectivity index (χ1n) is 10.5. The molecule has 0 fully saturated rings. The Labute approximate surface area is 208 Å². The molecule has 0 amide bonds. The van der Waals surface area contributed by atoms with E-state index in [0.29, 0.717) is 16.7 Å². The van der Waals surface area contributed by atoms with Crippen LogP contribution in [0.15, 0.2) is 44.6 Å². The van der Waals surface area contributed by atoms with Crippen molar-refractivity contribution in [2.75, 3.05) is 13.7 Å². The van der Waals surface area contributed by atoms with Crippen LogP contribution in [-0.2, 0) is 35.8 Å². The van der Waals surface area contributed by atoms with Crippen molar-refractivity contribution in [2.45, 2.75) is 38.3 Å². The number of phosphoric acid groups is 2. The molecule has 0 radical (unpaired) electrons. The Bertz CT molecular complexity index is 1460. The summed E-state index contributed by atoms with van der Waals surface area (Å²) in [6.45, 7) is 0.171. The van der Waals surface area contributed by atoms with Crippen LogP contribution in [0, 0.1) is 6.92 Å². The van der Waals surface area contributed by atoms with Gasteiger partial charge < -0.3 is 34.2 Å². The first-order chi connectivity index (χ1) is 17.2. The monoisotopic (exact) mass is 565 g/mol. The third-order valence-electron chi connectivity index (χ3n) is 5.22. The van der Waals surface area contributed by atoms with Gasteiger partial charge in [-0.1, -0.05) is 16.8 Å². The number of aliphatic hydroxyl groups excluding tert-OH is 2. The van der Waals surface area contributed by atoms with Crippen LogP contribution >= 0.6 is 15.6 Å². The number of aryl methyl sites for hydroxylation is 1. The van der Waals surface area contributed by atoms with Gasteiger partial charge in [0.05, 0.1) is 19.7 Å². The lowest BCUT2D eigenvalue weighted by molar-refractivity contribution is -0.0952. The van der Waals surface area contributed by atoms with Gasteiger partial charge in [-0.25, -0.2) is 13.9 Å². The molecule has 16 nitrogen and oxygen atoms in total. The SMILES string of the molecule is CO[C@H](COP(=O)(O)OP(=O)(O)O)[C@H](O)[C@H](O)Cn1ccc(=O)n(Cc2noc3ccc(C)cc23)c1=O. The normalized spacial score (nSPS) is 16.4. The molecule has 1 aromatic carbocycles. The Morgan fingerprint density at radius 2 is 1.84 bits per heavy atom. The lowest BCUT2D eigenvalue weighted by atomic mass is 10.1. The number of fused-ring (bicyclic) bond motifs is 1. The smallest absolute Gasteiger partial charge is 0.388 e. The summed E-state index contributed by atoms with van der Waals surface area (Å²) in [5.41, 5.74) is 0.234. The highest BCUT2D eigenvalue weighted by atomic mass is 31.3. The molecule has 3 rings (SSSR count). The summed E-state index contributed by atoms with van der Waals surface area (Å²) in [5.74, 6) is 0. The van der Waals surface area contributed by atoms with E-state index in [1.807, 2.05) is 13.0 Å². The van der Waals surface area contributed by atoms with Gasteiger partial charge in [-0.3, -0.25) is 18.5 Å². The van der Waals surface area contributed by atoms with Crippen LogP contribution in [-0.4, -0.2) is 71.2 Å². The van der Waals surface area contributed by atoms with Crippen molar-refractivity contribution in [3.63, 3.8) is 0 Å². The first-order valence-corrected chi connectivity index (χ1v) is 13.5. The van der Waals surface area contributed by atoms with E-state index < -0.39 is 58.4 Å². The Kier molecular flexibility index (Phi) is 9.03. The Hall–Kier alpha value is -2.49. The zero-order valence-corrected chi connectivity index (χ0v) is 21.3. The molecule has 0 aliphatic rings. The summed E-state index contributed by atoms with van der Waals surface area (Å²) in [5, 5.41) is 25.4. The van der Waals surface area contributed by atoms with Gasteiger partial charge in [0.25, 0.3) is 5.56 Å². The van der Waals surface area contributed by atoms with E-state index in [2.05, 4.69) is 14.0 Å². The lowest BCUT2D eigenvalue weighted by Gasteiger charge is -2.26. The number of hydrogen-bond acceptors (Lipinski definition) is 11.